The molecule has 27 heavy (non-hydrogen) atoms. The molecule has 0 fully saturated rings. The maximum atomic E-state index is 10.6. The Kier molecular flexibility index (Phi) is 6.21. The van der Waals surface area contributed by atoms with Gasteiger partial charge in [-0.2, -0.15) is 0 Å². The van der Waals surface area contributed by atoms with Crippen LogP contribution in [0.15, 0.2) is 30.3 Å². The first-order valence-electron chi connectivity index (χ1n) is 8.97. The summed E-state index contributed by atoms with van der Waals surface area (Å²) in [6, 6.07) is 9.88. The fourth-order valence-electron chi connectivity index (χ4n) is 3.70. The molecule has 0 spiro atoms. The van der Waals surface area contributed by atoms with E-state index in [9.17, 15) is 5.11 Å². The first-order chi connectivity index (χ1) is 13.1. The van der Waals surface area contributed by atoms with Crippen molar-refractivity contribution in [1.82, 2.24) is 5.32 Å². The molecule has 0 aliphatic carbocycles. The van der Waals surface area contributed by atoms with Crippen LogP contribution in [0.4, 0.5) is 0 Å². The zero-order valence-electron chi connectivity index (χ0n) is 16.2. The van der Waals surface area contributed by atoms with Gasteiger partial charge in [0.2, 0.25) is 0 Å². The SMILES string of the molecule is COc1c(C)c(OC)c2c(c1OC)[C@H](COCc1ccccc1)NC[C@H]2O. The number of hydrogen-bond acceptors (Lipinski definition) is 6. The molecule has 1 aliphatic heterocycles. The van der Waals surface area contributed by atoms with E-state index in [1.807, 2.05) is 37.3 Å². The Bertz CT molecular complexity index is 778. The average Bonchev–Trinajstić information content (AvgIpc) is 2.69. The number of methoxy groups -OCH3 is 3. The minimum atomic E-state index is -0.696. The van der Waals surface area contributed by atoms with Gasteiger partial charge in [0.05, 0.1) is 46.7 Å². The molecule has 2 aromatic rings. The quantitative estimate of drug-likeness (QED) is 0.778. The molecule has 0 radical (unpaired) electrons. The number of fused-ring (bicyclic) bond motifs is 1. The van der Waals surface area contributed by atoms with Gasteiger partial charge in [0.25, 0.3) is 0 Å². The van der Waals surface area contributed by atoms with Gasteiger partial charge in [-0.1, -0.05) is 30.3 Å². The summed E-state index contributed by atoms with van der Waals surface area (Å²) in [7, 11) is 4.81. The van der Waals surface area contributed by atoms with Crippen molar-refractivity contribution < 1.29 is 24.1 Å². The molecule has 0 unspecified atom stereocenters. The smallest absolute Gasteiger partial charge is 0.167 e. The summed E-state index contributed by atoms with van der Waals surface area (Å²) >= 11 is 0. The van der Waals surface area contributed by atoms with Gasteiger partial charge >= 0.3 is 0 Å². The van der Waals surface area contributed by atoms with Gasteiger partial charge < -0.3 is 29.4 Å². The Morgan fingerprint density at radius 1 is 0.963 bits per heavy atom. The van der Waals surface area contributed by atoms with Crippen LogP contribution >= 0.6 is 0 Å². The first-order valence-corrected chi connectivity index (χ1v) is 8.97. The number of nitrogens with one attached hydrogen (secondary N) is 1. The number of benzene rings is 2. The molecule has 2 aromatic carbocycles. The Hall–Kier alpha value is -2.28. The largest absolute Gasteiger partial charge is 0.496 e. The van der Waals surface area contributed by atoms with E-state index in [2.05, 4.69) is 5.32 Å². The van der Waals surface area contributed by atoms with Crippen molar-refractivity contribution in [3.8, 4) is 17.2 Å². The zero-order valence-corrected chi connectivity index (χ0v) is 16.2. The monoisotopic (exact) mass is 373 g/mol. The number of aliphatic hydroxyl groups excluding tert-OH is 1. The Balaban J connectivity index is 1.95. The normalized spacial score (nSPS) is 18.7. The van der Waals surface area contributed by atoms with Crippen molar-refractivity contribution >= 4 is 0 Å². The second kappa shape index (κ2) is 8.61. The highest BCUT2D eigenvalue weighted by Crippen LogP contribution is 2.49. The molecule has 1 aliphatic rings. The van der Waals surface area contributed by atoms with Gasteiger partial charge in [0.15, 0.2) is 11.5 Å². The molecule has 6 heteroatoms. The van der Waals surface area contributed by atoms with Crippen LogP contribution in [0.2, 0.25) is 0 Å². The minimum Gasteiger partial charge on any atom is -0.496 e. The summed E-state index contributed by atoms with van der Waals surface area (Å²) in [5, 5.41) is 14.0. The number of rotatable bonds is 7. The van der Waals surface area contributed by atoms with E-state index in [0.29, 0.717) is 37.0 Å². The maximum Gasteiger partial charge on any atom is 0.167 e. The number of ether oxygens (including phenoxy) is 4. The molecule has 2 atom stereocenters. The molecule has 0 saturated heterocycles. The molecule has 0 saturated carbocycles. The van der Waals surface area contributed by atoms with Gasteiger partial charge in [-0.15, -0.1) is 0 Å². The Labute approximate surface area is 160 Å². The van der Waals surface area contributed by atoms with E-state index in [4.69, 9.17) is 18.9 Å². The topological polar surface area (TPSA) is 69.2 Å². The van der Waals surface area contributed by atoms with Crippen LogP contribution in [0.25, 0.3) is 0 Å². The van der Waals surface area contributed by atoms with Crippen LogP contribution in [0.3, 0.4) is 0 Å². The van der Waals surface area contributed by atoms with Gasteiger partial charge in [0.1, 0.15) is 5.75 Å². The molecule has 6 nitrogen and oxygen atoms in total. The van der Waals surface area contributed by atoms with E-state index in [0.717, 1.165) is 22.3 Å². The zero-order chi connectivity index (χ0) is 19.4. The Morgan fingerprint density at radius 2 is 1.63 bits per heavy atom. The summed E-state index contributed by atoms with van der Waals surface area (Å²) in [6.07, 6.45) is -0.696. The highest BCUT2D eigenvalue weighted by atomic mass is 16.5. The second-order valence-corrected chi connectivity index (χ2v) is 6.53. The van der Waals surface area contributed by atoms with Crippen LogP contribution in [-0.4, -0.2) is 39.6 Å². The Morgan fingerprint density at radius 3 is 2.26 bits per heavy atom. The molecule has 146 valence electrons. The predicted molar refractivity (Wildman–Crippen MR) is 103 cm³/mol. The summed E-state index contributed by atoms with van der Waals surface area (Å²) in [5.41, 5.74) is 3.48. The van der Waals surface area contributed by atoms with E-state index in [1.54, 1.807) is 21.3 Å². The molecule has 0 aromatic heterocycles. The van der Waals surface area contributed by atoms with Crippen LogP contribution in [0, 0.1) is 6.92 Å². The highest BCUT2D eigenvalue weighted by Gasteiger charge is 2.35. The number of hydrogen-bond donors (Lipinski definition) is 2. The van der Waals surface area contributed by atoms with Gasteiger partial charge in [-0.3, -0.25) is 0 Å². The number of β-amino-alcohol motifs (C(OH)–C–C–N with tert-alkyl or cyclic N) is 1. The van der Waals surface area contributed by atoms with Crippen molar-refractivity contribution in [1.29, 1.82) is 0 Å². The second-order valence-electron chi connectivity index (χ2n) is 6.53. The molecular weight excluding hydrogens is 346 g/mol. The van der Waals surface area contributed by atoms with Crippen molar-refractivity contribution in [3.63, 3.8) is 0 Å². The summed E-state index contributed by atoms with van der Waals surface area (Å²) in [5.74, 6) is 1.84. The van der Waals surface area contributed by atoms with Crippen molar-refractivity contribution in [3.05, 3.63) is 52.6 Å². The van der Waals surface area contributed by atoms with Crippen LogP contribution in [0.1, 0.15) is 34.4 Å². The van der Waals surface area contributed by atoms with E-state index in [-0.39, 0.29) is 6.04 Å². The van der Waals surface area contributed by atoms with Gasteiger partial charge in [-0.05, 0) is 12.5 Å². The lowest BCUT2D eigenvalue weighted by Gasteiger charge is -2.34. The fraction of sp³-hybridized carbons (Fsp3) is 0.429. The first kappa shape index (κ1) is 19.5. The number of aliphatic hydroxyl groups is 1. The third kappa shape index (κ3) is 3.74. The molecule has 3 rings (SSSR count). The van der Waals surface area contributed by atoms with E-state index < -0.39 is 6.10 Å². The van der Waals surface area contributed by atoms with Crippen LogP contribution in [0.5, 0.6) is 17.2 Å². The fourth-order valence-corrected chi connectivity index (χ4v) is 3.70. The molecule has 2 N–H and O–H groups in total. The van der Waals surface area contributed by atoms with Crippen molar-refractivity contribution in [2.45, 2.75) is 25.7 Å². The lowest BCUT2D eigenvalue weighted by molar-refractivity contribution is 0.0801. The third-order valence-electron chi connectivity index (χ3n) is 4.91. The molecule has 0 amide bonds. The predicted octanol–water partition coefficient (Wildman–Crippen LogP) is 2.92. The standard InChI is InChI=1S/C21H27NO5/c1-13-19(24-2)18-16(23)10-22-15(17(18)21(26-4)20(13)25-3)12-27-11-14-8-6-5-7-9-14/h5-9,15-16,22-23H,10-12H2,1-4H3/t15-,16+/m0/s1. The molecule has 1 heterocycles. The summed E-state index contributed by atoms with van der Waals surface area (Å²) in [6.45, 7) is 3.26. The highest BCUT2D eigenvalue weighted by molar-refractivity contribution is 5.65. The van der Waals surface area contributed by atoms with Crippen molar-refractivity contribution in [2.75, 3.05) is 34.5 Å². The molecule has 0 bridgehead atoms. The van der Waals surface area contributed by atoms with E-state index in [1.165, 1.54) is 0 Å². The third-order valence-corrected chi connectivity index (χ3v) is 4.91. The average molecular weight is 373 g/mol. The van der Waals surface area contributed by atoms with Crippen LogP contribution in [-0.2, 0) is 11.3 Å². The van der Waals surface area contributed by atoms with Crippen molar-refractivity contribution in [2.24, 2.45) is 0 Å². The van der Waals surface area contributed by atoms with Gasteiger partial charge in [0, 0.05) is 23.2 Å². The summed E-state index contributed by atoms with van der Waals surface area (Å²) in [4.78, 5) is 0. The lowest BCUT2D eigenvalue weighted by atomic mass is 9.88. The van der Waals surface area contributed by atoms with E-state index >= 15 is 0 Å². The minimum absolute atomic E-state index is 0.148. The van der Waals surface area contributed by atoms with Crippen LogP contribution < -0.4 is 19.5 Å². The maximum absolute atomic E-state index is 10.6. The lowest BCUT2D eigenvalue weighted by Crippen LogP contribution is -2.36. The van der Waals surface area contributed by atoms with Gasteiger partial charge in [-0.25, -0.2) is 0 Å². The molecular formula is C21H27NO5. The summed E-state index contributed by atoms with van der Waals surface area (Å²) < 4.78 is 22.8.